The summed E-state index contributed by atoms with van der Waals surface area (Å²) in [6.45, 7) is 5.01. The molecule has 1 aromatic rings. The van der Waals surface area contributed by atoms with Crippen LogP contribution in [0.3, 0.4) is 0 Å². The summed E-state index contributed by atoms with van der Waals surface area (Å²) in [5.41, 5.74) is 0.859. The Morgan fingerprint density at radius 1 is 1.37 bits per heavy atom. The van der Waals surface area contributed by atoms with E-state index in [-0.39, 0.29) is 11.9 Å². The highest BCUT2D eigenvalue weighted by Gasteiger charge is 2.13. The minimum atomic E-state index is -0.236. The Kier molecular flexibility index (Phi) is 7.36. The number of methoxy groups -OCH3 is 1. The van der Waals surface area contributed by atoms with Crippen molar-refractivity contribution in [2.75, 3.05) is 13.7 Å². The molecule has 2 atom stereocenters. The fraction of sp³-hybridized carbons (Fsp3) is 0.600. The minimum Gasteiger partial charge on any atom is -0.382 e. The third-order valence-electron chi connectivity index (χ3n) is 3.29. The molecule has 0 saturated carbocycles. The van der Waals surface area contributed by atoms with Gasteiger partial charge in [0.25, 0.3) is 0 Å². The lowest BCUT2D eigenvalue weighted by Gasteiger charge is -2.20. The standard InChI is InChI=1S/C15H23ClFNO/c1-4-18-14(7-5-11(2)19-3)10-12-9-13(17)6-8-15(12)16/h6,8-9,11,14,18H,4-5,7,10H2,1-3H3. The first-order chi connectivity index (χ1) is 9.06. The van der Waals surface area contributed by atoms with E-state index in [4.69, 9.17) is 16.3 Å². The van der Waals surface area contributed by atoms with E-state index in [2.05, 4.69) is 19.2 Å². The van der Waals surface area contributed by atoms with Crippen molar-refractivity contribution in [1.82, 2.24) is 5.32 Å². The number of nitrogens with one attached hydrogen (secondary N) is 1. The zero-order valence-corrected chi connectivity index (χ0v) is 12.6. The molecule has 1 aromatic carbocycles. The Morgan fingerprint density at radius 2 is 2.11 bits per heavy atom. The molecule has 0 aliphatic rings. The summed E-state index contributed by atoms with van der Waals surface area (Å²) in [7, 11) is 1.72. The maximum Gasteiger partial charge on any atom is 0.123 e. The van der Waals surface area contributed by atoms with Gasteiger partial charge < -0.3 is 10.1 Å². The van der Waals surface area contributed by atoms with Gasteiger partial charge in [-0.15, -0.1) is 0 Å². The van der Waals surface area contributed by atoms with Crippen molar-refractivity contribution in [2.24, 2.45) is 0 Å². The molecule has 0 aliphatic carbocycles. The van der Waals surface area contributed by atoms with Crippen LogP contribution in [-0.4, -0.2) is 25.8 Å². The summed E-state index contributed by atoms with van der Waals surface area (Å²) < 4.78 is 18.5. The molecule has 0 saturated heterocycles. The van der Waals surface area contributed by atoms with Gasteiger partial charge in [0, 0.05) is 18.2 Å². The Morgan fingerprint density at radius 3 is 2.74 bits per heavy atom. The predicted octanol–water partition coefficient (Wildman–Crippen LogP) is 3.81. The van der Waals surface area contributed by atoms with E-state index in [0.717, 1.165) is 31.4 Å². The first-order valence-electron chi connectivity index (χ1n) is 6.76. The van der Waals surface area contributed by atoms with Gasteiger partial charge in [-0.1, -0.05) is 18.5 Å². The fourth-order valence-corrected chi connectivity index (χ4v) is 2.28. The van der Waals surface area contributed by atoms with Crippen LogP contribution < -0.4 is 5.32 Å². The molecule has 0 spiro atoms. The number of rotatable bonds is 8. The maximum absolute atomic E-state index is 13.3. The molecule has 2 nitrogen and oxygen atoms in total. The van der Waals surface area contributed by atoms with E-state index in [1.807, 2.05) is 0 Å². The molecule has 0 heterocycles. The van der Waals surface area contributed by atoms with Crippen molar-refractivity contribution in [2.45, 2.75) is 45.3 Å². The van der Waals surface area contributed by atoms with Crippen LogP contribution >= 0.6 is 11.6 Å². The number of ether oxygens (including phenoxy) is 1. The van der Waals surface area contributed by atoms with Gasteiger partial charge in [-0.2, -0.15) is 0 Å². The molecule has 0 amide bonds. The largest absolute Gasteiger partial charge is 0.382 e. The Labute approximate surface area is 120 Å². The lowest BCUT2D eigenvalue weighted by atomic mass is 10.00. The second kappa shape index (κ2) is 8.51. The predicted molar refractivity (Wildman–Crippen MR) is 78.3 cm³/mol. The molecule has 19 heavy (non-hydrogen) atoms. The topological polar surface area (TPSA) is 21.3 Å². The average molecular weight is 288 g/mol. The number of hydrogen-bond donors (Lipinski definition) is 1. The Balaban J connectivity index is 2.63. The van der Waals surface area contributed by atoms with Gasteiger partial charge in [0.15, 0.2) is 0 Å². The first-order valence-corrected chi connectivity index (χ1v) is 7.14. The molecule has 108 valence electrons. The molecule has 1 N–H and O–H groups in total. The Bertz CT molecular complexity index is 386. The van der Waals surface area contributed by atoms with Crippen molar-refractivity contribution in [3.63, 3.8) is 0 Å². The average Bonchev–Trinajstić information content (AvgIpc) is 2.40. The van der Waals surface area contributed by atoms with Crippen molar-refractivity contribution in [3.8, 4) is 0 Å². The van der Waals surface area contributed by atoms with Crippen molar-refractivity contribution < 1.29 is 9.13 Å². The van der Waals surface area contributed by atoms with Gasteiger partial charge in [0.05, 0.1) is 6.10 Å². The van der Waals surface area contributed by atoms with Gasteiger partial charge in [0.2, 0.25) is 0 Å². The smallest absolute Gasteiger partial charge is 0.123 e. The Hall–Kier alpha value is -0.640. The highest BCUT2D eigenvalue weighted by atomic mass is 35.5. The van der Waals surface area contributed by atoms with E-state index < -0.39 is 0 Å². The van der Waals surface area contributed by atoms with Crippen LogP contribution in [-0.2, 0) is 11.2 Å². The summed E-state index contributed by atoms with van der Waals surface area (Å²) >= 11 is 6.11. The number of likely N-dealkylation sites (N-methyl/N-ethyl adjacent to an activating group) is 1. The minimum absolute atomic E-state index is 0.236. The van der Waals surface area contributed by atoms with E-state index in [1.54, 1.807) is 13.2 Å². The zero-order valence-electron chi connectivity index (χ0n) is 11.9. The molecule has 1 rings (SSSR count). The third kappa shape index (κ3) is 5.89. The molecule has 0 fully saturated rings. The van der Waals surface area contributed by atoms with Crippen LogP contribution in [0, 0.1) is 5.82 Å². The quantitative estimate of drug-likeness (QED) is 0.785. The summed E-state index contributed by atoms with van der Waals surface area (Å²) in [6, 6.07) is 4.82. The second-order valence-corrected chi connectivity index (χ2v) is 5.23. The normalized spacial score (nSPS) is 14.4. The summed E-state index contributed by atoms with van der Waals surface area (Å²) in [4.78, 5) is 0. The zero-order chi connectivity index (χ0) is 14.3. The SMILES string of the molecule is CCNC(CCC(C)OC)Cc1cc(F)ccc1Cl. The van der Waals surface area contributed by atoms with Crippen LogP contribution in [0.5, 0.6) is 0 Å². The molecule has 4 heteroatoms. The first kappa shape index (κ1) is 16.4. The van der Waals surface area contributed by atoms with Crippen molar-refractivity contribution >= 4 is 11.6 Å². The third-order valence-corrected chi connectivity index (χ3v) is 3.66. The van der Waals surface area contributed by atoms with Crippen molar-refractivity contribution in [1.29, 1.82) is 0 Å². The molecular formula is C15H23ClFNO. The number of hydrogen-bond acceptors (Lipinski definition) is 2. The van der Waals surface area contributed by atoms with Crippen LogP contribution in [0.15, 0.2) is 18.2 Å². The molecule has 0 radical (unpaired) electrons. The maximum atomic E-state index is 13.3. The summed E-state index contributed by atoms with van der Waals surface area (Å²) in [5, 5.41) is 4.05. The van der Waals surface area contributed by atoms with E-state index in [9.17, 15) is 4.39 Å². The molecule has 2 unspecified atom stereocenters. The second-order valence-electron chi connectivity index (χ2n) is 4.82. The molecule has 0 aliphatic heterocycles. The lowest BCUT2D eigenvalue weighted by Crippen LogP contribution is -2.32. The molecule has 0 aromatic heterocycles. The van der Waals surface area contributed by atoms with E-state index in [0.29, 0.717) is 11.1 Å². The van der Waals surface area contributed by atoms with Gasteiger partial charge in [-0.05, 0) is 56.5 Å². The summed E-state index contributed by atoms with van der Waals surface area (Å²) in [5.74, 6) is -0.236. The monoisotopic (exact) mass is 287 g/mol. The lowest BCUT2D eigenvalue weighted by molar-refractivity contribution is 0.106. The number of halogens is 2. The van der Waals surface area contributed by atoms with Crippen LogP contribution in [0.2, 0.25) is 5.02 Å². The summed E-state index contributed by atoms with van der Waals surface area (Å²) in [6.07, 6.45) is 2.93. The van der Waals surface area contributed by atoms with Crippen molar-refractivity contribution in [3.05, 3.63) is 34.6 Å². The fourth-order valence-electron chi connectivity index (χ4n) is 2.08. The van der Waals surface area contributed by atoms with Gasteiger partial charge in [0.1, 0.15) is 5.82 Å². The molecular weight excluding hydrogens is 265 g/mol. The highest BCUT2D eigenvalue weighted by molar-refractivity contribution is 6.31. The van der Waals surface area contributed by atoms with Gasteiger partial charge in [-0.3, -0.25) is 0 Å². The van der Waals surface area contributed by atoms with Crippen LogP contribution in [0.1, 0.15) is 32.3 Å². The highest BCUT2D eigenvalue weighted by Crippen LogP contribution is 2.20. The van der Waals surface area contributed by atoms with Gasteiger partial charge in [-0.25, -0.2) is 4.39 Å². The number of benzene rings is 1. The van der Waals surface area contributed by atoms with E-state index in [1.165, 1.54) is 12.1 Å². The van der Waals surface area contributed by atoms with Crippen LogP contribution in [0.4, 0.5) is 4.39 Å². The van der Waals surface area contributed by atoms with Gasteiger partial charge >= 0.3 is 0 Å². The molecule has 0 bridgehead atoms. The van der Waals surface area contributed by atoms with E-state index >= 15 is 0 Å². The van der Waals surface area contributed by atoms with Crippen LogP contribution in [0.25, 0.3) is 0 Å².